The van der Waals surface area contributed by atoms with E-state index in [1.807, 2.05) is 52.1 Å². The maximum Gasteiger partial charge on any atom is 0.501 e. The lowest BCUT2D eigenvalue weighted by molar-refractivity contribution is -0.139. The van der Waals surface area contributed by atoms with Crippen LogP contribution in [0.3, 0.4) is 0 Å². The van der Waals surface area contributed by atoms with Crippen molar-refractivity contribution in [3.05, 3.63) is 119 Å². The molecule has 4 aromatic rings. The summed E-state index contributed by atoms with van der Waals surface area (Å²) in [6, 6.07) is 25.5. The van der Waals surface area contributed by atoms with Crippen LogP contribution in [0.2, 0.25) is 5.02 Å². The van der Waals surface area contributed by atoms with E-state index in [0.717, 1.165) is 74.7 Å². The van der Waals surface area contributed by atoms with Gasteiger partial charge in [-0.15, -0.1) is 11.8 Å². The fraction of sp³-hybridized carbons (Fsp3) is 0.482. The van der Waals surface area contributed by atoms with Crippen LogP contribution in [0, 0.1) is 17.3 Å². The minimum absolute atomic E-state index is 0.0254. The van der Waals surface area contributed by atoms with Crippen molar-refractivity contribution in [2.24, 2.45) is 17.3 Å². The Hall–Kier alpha value is -5.12. The van der Waals surface area contributed by atoms with Crippen LogP contribution in [0.25, 0.3) is 5.57 Å². The molecule has 14 nitrogen and oxygen atoms in total. The van der Waals surface area contributed by atoms with Gasteiger partial charge in [-0.3, -0.25) is 24.2 Å². The summed E-state index contributed by atoms with van der Waals surface area (Å²) in [5.41, 5.74) is -1.21. The van der Waals surface area contributed by atoms with Gasteiger partial charge in [0.25, 0.3) is 25.8 Å². The fourth-order valence-corrected chi connectivity index (χ4v) is 14.1. The predicted molar refractivity (Wildman–Crippen MR) is 295 cm³/mol. The number of anilines is 2. The lowest BCUT2D eigenvalue weighted by atomic mass is 9.73. The van der Waals surface area contributed by atoms with Crippen LogP contribution < -0.4 is 14.9 Å². The number of carboxylic acids is 1. The molecule has 4 aliphatic rings. The Morgan fingerprint density at radius 1 is 0.818 bits per heavy atom. The van der Waals surface area contributed by atoms with E-state index >= 15 is 0 Å². The van der Waals surface area contributed by atoms with Crippen molar-refractivity contribution in [2.45, 2.75) is 97.9 Å². The van der Waals surface area contributed by atoms with Crippen molar-refractivity contribution in [2.75, 3.05) is 81.4 Å². The summed E-state index contributed by atoms with van der Waals surface area (Å²) in [6.45, 7) is 11.0. The Morgan fingerprint density at radius 3 is 2.10 bits per heavy atom. The van der Waals surface area contributed by atoms with Crippen LogP contribution in [0.15, 0.2) is 117 Å². The zero-order valence-electron chi connectivity index (χ0n) is 43.4. The molecule has 3 N–H and O–H groups in total. The molecule has 21 heteroatoms. The van der Waals surface area contributed by atoms with Crippen molar-refractivity contribution >= 4 is 78.0 Å². The minimum Gasteiger partial charge on any atom is -0.481 e. The van der Waals surface area contributed by atoms with E-state index in [2.05, 4.69) is 46.0 Å². The van der Waals surface area contributed by atoms with Gasteiger partial charge in [0.15, 0.2) is 0 Å². The molecule has 1 atom stereocenters. The monoisotopic (exact) mass is 1140 g/mol. The highest BCUT2D eigenvalue weighted by atomic mass is 35.5. The first kappa shape index (κ1) is 58.0. The number of alkyl halides is 3. The number of rotatable bonds is 19. The lowest BCUT2D eigenvalue weighted by Gasteiger charge is -2.39. The first-order valence-electron chi connectivity index (χ1n) is 26.3. The molecule has 2 saturated heterocycles. The molecule has 2 amide bonds. The first-order chi connectivity index (χ1) is 36.5. The number of sulfone groups is 1. The van der Waals surface area contributed by atoms with Crippen molar-refractivity contribution in [3.63, 3.8) is 0 Å². The molecule has 416 valence electrons. The van der Waals surface area contributed by atoms with Crippen molar-refractivity contribution < 1.29 is 49.5 Å². The summed E-state index contributed by atoms with van der Waals surface area (Å²) in [6.07, 6.45) is 6.26. The zero-order chi connectivity index (χ0) is 55.1. The summed E-state index contributed by atoms with van der Waals surface area (Å²) < 4.78 is 99.2. The number of hydrogen-bond donors (Lipinski definition) is 3. The number of hydrogen-bond acceptors (Lipinski definition) is 12. The average molecular weight is 1140 g/mol. The number of carbonyl (C=O) groups is 3. The van der Waals surface area contributed by atoms with Crippen LogP contribution in [-0.2, 0) is 29.4 Å². The Morgan fingerprint density at radius 2 is 1.47 bits per heavy atom. The van der Waals surface area contributed by atoms with Crippen molar-refractivity contribution in [3.8, 4) is 0 Å². The number of allylic oxidation sites excluding steroid dienone is 1. The highest BCUT2D eigenvalue weighted by molar-refractivity contribution is 7.99. The second-order valence-electron chi connectivity index (χ2n) is 21.5. The van der Waals surface area contributed by atoms with E-state index in [-0.39, 0.29) is 35.1 Å². The second-order valence-corrected chi connectivity index (χ2v) is 26.6. The van der Waals surface area contributed by atoms with Crippen molar-refractivity contribution in [1.82, 2.24) is 19.4 Å². The van der Waals surface area contributed by atoms with Crippen LogP contribution >= 0.6 is 23.4 Å². The van der Waals surface area contributed by atoms with Gasteiger partial charge in [0.2, 0.25) is 5.91 Å². The van der Waals surface area contributed by atoms with E-state index in [9.17, 15) is 44.4 Å². The summed E-state index contributed by atoms with van der Waals surface area (Å²) in [4.78, 5) is 45.4. The molecule has 2 aliphatic heterocycles. The third-order valence-electron chi connectivity index (χ3n) is 15.4. The molecule has 0 bridgehead atoms. The summed E-state index contributed by atoms with van der Waals surface area (Å²) in [5, 5.41) is 12.9. The molecular weight excluding hydrogens is 1070 g/mol. The van der Waals surface area contributed by atoms with Gasteiger partial charge in [0.1, 0.15) is 4.90 Å². The first-order valence-corrected chi connectivity index (χ1v) is 30.6. The summed E-state index contributed by atoms with van der Waals surface area (Å²) >= 11 is 7.61. The maximum absolute atomic E-state index is 14.4. The molecule has 1 unspecified atom stereocenters. The number of amides is 2. The van der Waals surface area contributed by atoms with E-state index in [0.29, 0.717) is 81.7 Å². The van der Waals surface area contributed by atoms with Crippen LogP contribution in [0.5, 0.6) is 0 Å². The Bertz CT molecular complexity index is 2980. The molecular formula is C56H68ClF3N6O8S3. The molecule has 77 heavy (non-hydrogen) atoms. The summed E-state index contributed by atoms with van der Waals surface area (Å²) in [5.74, 6) is -1.59. The third-order valence-corrected chi connectivity index (χ3v) is 19.7. The van der Waals surface area contributed by atoms with Gasteiger partial charge in [-0.25, -0.2) is 21.6 Å². The maximum atomic E-state index is 14.4. The zero-order valence-corrected chi connectivity index (χ0v) is 46.6. The highest BCUT2D eigenvalue weighted by Crippen LogP contribution is 2.43. The molecule has 8 rings (SSSR count). The molecule has 0 spiro atoms. The molecule has 3 fully saturated rings. The van der Waals surface area contributed by atoms with Crippen LogP contribution in [0.4, 0.5) is 24.5 Å². The van der Waals surface area contributed by atoms with Gasteiger partial charge in [0.05, 0.1) is 10.6 Å². The summed E-state index contributed by atoms with van der Waals surface area (Å²) in [7, 11) is -11.0. The van der Waals surface area contributed by atoms with Gasteiger partial charge in [-0.2, -0.15) is 13.2 Å². The number of aliphatic carboxylic acids is 1. The smallest absolute Gasteiger partial charge is 0.481 e. The van der Waals surface area contributed by atoms with Crippen LogP contribution in [-0.4, -0.2) is 137 Å². The lowest BCUT2D eigenvalue weighted by Crippen LogP contribution is -2.51. The second kappa shape index (κ2) is 24.9. The van der Waals surface area contributed by atoms with Gasteiger partial charge in [-0.05, 0) is 141 Å². The fourth-order valence-electron chi connectivity index (χ4n) is 11.0. The largest absolute Gasteiger partial charge is 0.501 e. The van der Waals surface area contributed by atoms with Gasteiger partial charge >= 0.3 is 11.5 Å². The quantitative estimate of drug-likeness (QED) is 0.0757. The number of carboxylic acid groups (broad SMARTS) is 1. The SMILES string of the molecule is CC1(C)CCC(c2ccc(Cl)cc2)=C(CN2CCN(c3ccc(C(=O)NS(=O)(=O)c4ccc(NC(CCN5CCN(C(=O)C6CCC(CC(=O)O)CC6)CC5)CSc5ccccc5)c(S(=O)(=O)C(F)(F)F)c4)cc3)CC2)C1. The minimum atomic E-state index is -6.13. The van der Waals surface area contributed by atoms with Crippen molar-refractivity contribution in [1.29, 1.82) is 0 Å². The normalized spacial score (nSPS) is 20.4. The molecule has 0 radical (unpaired) electrons. The Balaban J connectivity index is 0.903. The molecule has 4 aromatic carbocycles. The number of benzene rings is 4. The molecule has 0 aromatic heterocycles. The molecule has 2 heterocycles. The number of piperazine rings is 2. The van der Waals surface area contributed by atoms with E-state index in [1.165, 1.54) is 40.6 Å². The van der Waals surface area contributed by atoms with Crippen LogP contribution in [0.1, 0.15) is 87.6 Å². The highest BCUT2D eigenvalue weighted by Gasteiger charge is 2.48. The average Bonchev–Trinajstić information content (AvgIpc) is 3.42. The number of carbonyl (C=O) groups excluding carboxylic acids is 2. The van der Waals surface area contributed by atoms with Gasteiger partial charge in [-0.1, -0.05) is 61.4 Å². The molecule has 1 saturated carbocycles. The standard InChI is InChI=1S/C56H68ClF3N6O8S3/c1-55(2)24-22-49(40-12-16-44(57)17-13-40)43(36-55)37-64-28-30-65(31-29-64)46-18-14-41(15-19-46)53(69)62-77(73,74)48-20-21-50(51(35-48)76(71,72)56(58,59)60)61-45(38-75-47-6-4-3-5-7-47)23-25-63-26-32-66(33-27-63)54(70)42-10-8-39(9-11-42)34-52(67)68/h3-7,12-21,35,39,42,45,61H,8-11,22-34,36-38H2,1-2H3,(H,62,69)(H,67,68). The van der Waals surface area contributed by atoms with E-state index < -0.39 is 58.8 Å². The Labute approximate surface area is 459 Å². The third kappa shape index (κ3) is 15.2. The van der Waals surface area contributed by atoms with Gasteiger partial charge in [0, 0.05) is 111 Å². The predicted octanol–water partition coefficient (Wildman–Crippen LogP) is 9.93. The number of thioether (sulfide) groups is 1. The number of nitrogens with zero attached hydrogens (tertiary/aromatic N) is 4. The topological polar surface area (TPSA) is 177 Å². The molecule has 2 aliphatic carbocycles. The number of sulfonamides is 1. The Kier molecular flexibility index (Phi) is 18.8. The van der Waals surface area contributed by atoms with Gasteiger partial charge < -0.3 is 20.2 Å². The van der Waals surface area contributed by atoms with E-state index in [4.69, 9.17) is 16.7 Å². The van der Waals surface area contributed by atoms with E-state index in [1.54, 1.807) is 12.1 Å². The number of nitrogens with one attached hydrogen (secondary N) is 2. The number of halogens is 4.